The molecule has 0 radical (unpaired) electrons. The average Bonchev–Trinajstić information content (AvgIpc) is 3.04. The van der Waals surface area contributed by atoms with Crippen molar-refractivity contribution in [2.24, 2.45) is 0 Å². The van der Waals surface area contributed by atoms with Crippen molar-refractivity contribution >= 4 is 39.3 Å². The van der Waals surface area contributed by atoms with Gasteiger partial charge in [-0.25, -0.2) is 28.5 Å². The van der Waals surface area contributed by atoms with Crippen LogP contribution in [0.25, 0.3) is 10.3 Å². The summed E-state index contributed by atoms with van der Waals surface area (Å²) >= 11 is 6.83. The number of hydrogen-bond donors (Lipinski definition) is 0. The zero-order valence-electron chi connectivity index (χ0n) is 13.1. The van der Waals surface area contributed by atoms with Gasteiger partial charge in [0.25, 0.3) is 12.3 Å². The Kier molecular flexibility index (Phi) is 5.43. The molecular weight excluding hydrogens is 392 g/mol. The van der Waals surface area contributed by atoms with Crippen LogP contribution in [0.15, 0.2) is 24.4 Å². The summed E-state index contributed by atoms with van der Waals surface area (Å²) in [6, 6.07) is 4.40. The van der Waals surface area contributed by atoms with E-state index in [-0.39, 0.29) is 27.5 Å². The molecule has 0 fully saturated rings. The van der Waals surface area contributed by atoms with Crippen molar-refractivity contribution in [1.29, 1.82) is 0 Å². The van der Waals surface area contributed by atoms with Crippen LogP contribution < -0.4 is 9.47 Å². The van der Waals surface area contributed by atoms with Crippen LogP contribution in [0.4, 0.5) is 8.78 Å². The van der Waals surface area contributed by atoms with Crippen molar-refractivity contribution in [2.45, 2.75) is 6.43 Å². The Labute approximate surface area is 154 Å². The molecule has 3 aromatic heterocycles. The van der Waals surface area contributed by atoms with Crippen molar-refractivity contribution in [1.82, 2.24) is 15.0 Å². The van der Waals surface area contributed by atoms with Crippen LogP contribution in [0.3, 0.4) is 0 Å². The summed E-state index contributed by atoms with van der Waals surface area (Å²) in [6.45, 7) is -0.831. The molecule has 0 aromatic carbocycles. The molecule has 3 aromatic rings. The lowest BCUT2D eigenvalue weighted by molar-refractivity contribution is 0.0600. The molecule has 0 N–H and O–H groups in total. The van der Waals surface area contributed by atoms with E-state index in [0.717, 1.165) is 11.3 Å². The van der Waals surface area contributed by atoms with Crippen molar-refractivity contribution in [3.63, 3.8) is 0 Å². The molecule has 0 aliphatic carbocycles. The maximum atomic E-state index is 12.4. The first-order valence-electron chi connectivity index (χ1n) is 7.06. The number of pyridine rings is 2. The lowest BCUT2D eigenvalue weighted by Crippen LogP contribution is -2.08. The maximum Gasteiger partial charge on any atom is 0.367 e. The molecule has 0 saturated heterocycles. The Morgan fingerprint density at radius 3 is 2.88 bits per heavy atom. The minimum atomic E-state index is -2.66. The van der Waals surface area contributed by atoms with Gasteiger partial charge in [-0.1, -0.05) is 22.9 Å². The molecule has 7 nitrogen and oxygen atoms in total. The Morgan fingerprint density at radius 2 is 2.15 bits per heavy atom. The van der Waals surface area contributed by atoms with E-state index in [4.69, 9.17) is 21.1 Å². The predicted molar refractivity (Wildman–Crippen MR) is 89.6 cm³/mol. The number of esters is 1. The monoisotopic (exact) mass is 401 g/mol. The van der Waals surface area contributed by atoms with Crippen LogP contribution in [0, 0.1) is 0 Å². The molecule has 136 valence electrons. The van der Waals surface area contributed by atoms with Gasteiger partial charge in [0, 0.05) is 18.3 Å². The number of hydrogen-bond acceptors (Lipinski definition) is 8. The highest BCUT2D eigenvalue weighted by Crippen LogP contribution is 2.32. The highest BCUT2D eigenvalue weighted by atomic mass is 35.5. The van der Waals surface area contributed by atoms with E-state index in [1.165, 1.54) is 25.4 Å². The lowest BCUT2D eigenvalue weighted by Gasteiger charge is -2.10. The summed E-state index contributed by atoms with van der Waals surface area (Å²) in [5.74, 6) is -0.564. The molecule has 0 amide bonds. The molecule has 0 saturated carbocycles. The second-order valence-corrected chi connectivity index (χ2v) is 6.16. The Balaban J connectivity index is 1.87. The predicted octanol–water partition coefficient (Wildman–Crippen LogP) is 3.96. The second-order valence-electron chi connectivity index (χ2n) is 4.75. The fourth-order valence-electron chi connectivity index (χ4n) is 1.87. The first-order valence-corrected chi connectivity index (χ1v) is 8.26. The molecule has 3 heterocycles. The number of aromatic nitrogens is 3. The summed E-state index contributed by atoms with van der Waals surface area (Å²) in [5, 5.41) is 0.355. The Morgan fingerprint density at radius 1 is 1.35 bits per heavy atom. The minimum Gasteiger partial charge on any atom is -0.482 e. The number of carbonyl (C=O) groups excluding carboxylic acids is 1. The van der Waals surface area contributed by atoms with Crippen molar-refractivity contribution < 1.29 is 27.8 Å². The van der Waals surface area contributed by atoms with Gasteiger partial charge in [-0.2, -0.15) is 0 Å². The standard InChI is InChI=1S/C15H10ClF2N3O4S/c1-23-15(22)14-20-8-2-3-11(21-13(8)26-14)25-12-9(24-6-10(17)18)4-7(16)5-19-12/h2-5,10H,6H2,1H3. The van der Waals surface area contributed by atoms with E-state index >= 15 is 0 Å². The van der Waals surface area contributed by atoms with Gasteiger partial charge >= 0.3 is 5.97 Å². The molecule has 0 aliphatic rings. The van der Waals surface area contributed by atoms with Gasteiger partial charge in [-0.15, -0.1) is 0 Å². The quantitative estimate of drug-likeness (QED) is 0.578. The van der Waals surface area contributed by atoms with Crippen molar-refractivity contribution in [3.05, 3.63) is 34.4 Å². The summed E-state index contributed by atoms with van der Waals surface area (Å²) in [7, 11) is 1.25. The molecule has 11 heteroatoms. The molecule has 0 unspecified atom stereocenters. The third kappa shape index (κ3) is 4.14. The first kappa shape index (κ1) is 18.2. The van der Waals surface area contributed by atoms with E-state index in [0.29, 0.717) is 10.3 Å². The highest BCUT2D eigenvalue weighted by Gasteiger charge is 2.16. The van der Waals surface area contributed by atoms with Crippen LogP contribution in [0.1, 0.15) is 9.80 Å². The number of thiazole rings is 1. The molecular formula is C15H10ClF2N3O4S. The third-order valence-electron chi connectivity index (χ3n) is 2.94. The number of rotatable bonds is 6. The van der Waals surface area contributed by atoms with Crippen LogP contribution in [0.2, 0.25) is 5.02 Å². The largest absolute Gasteiger partial charge is 0.482 e. The number of fused-ring (bicyclic) bond motifs is 1. The minimum absolute atomic E-state index is 0.0424. The molecule has 3 rings (SSSR count). The fourth-order valence-corrected chi connectivity index (χ4v) is 2.87. The average molecular weight is 402 g/mol. The zero-order valence-corrected chi connectivity index (χ0v) is 14.7. The molecule has 0 bridgehead atoms. The maximum absolute atomic E-state index is 12.4. The second kappa shape index (κ2) is 7.75. The molecule has 0 spiro atoms. The van der Waals surface area contributed by atoms with Crippen molar-refractivity contribution in [2.75, 3.05) is 13.7 Å². The SMILES string of the molecule is COC(=O)c1nc2ccc(Oc3ncc(Cl)cc3OCC(F)F)nc2s1. The van der Waals surface area contributed by atoms with E-state index in [9.17, 15) is 13.6 Å². The summed E-state index contributed by atoms with van der Waals surface area (Å²) in [4.78, 5) is 24.2. The van der Waals surface area contributed by atoms with Gasteiger partial charge in [-0.05, 0) is 6.07 Å². The zero-order chi connectivity index (χ0) is 18.7. The van der Waals surface area contributed by atoms with E-state index < -0.39 is 19.0 Å². The number of carbonyl (C=O) groups is 1. The van der Waals surface area contributed by atoms with Gasteiger partial charge in [0.1, 0.15) is 17.0 Å². The first-order chi connectivity index (χ1) is 12.5. The van der Waals surface area contributed by atoms with Gasteiger partial charge in [0.15, 0.2) is 5.75 Å². The normalized spacial score (nSPS) is 11.0. The summed E-state index contributed by atoms with van der Waals surface area (Å²) < 4.78 is 39.8. The van der Waals surface area contributed by atoms with Crippen LogP contribution in [0.5, 0.6) is 17.5 Å². The molecule has 0 atom stereocenters. The van der Waals surface area contributed by atoms with Crippen LogP contribution in [-0.4, -0.2) is 41.1 Å². The highest BCUT2D eigenvalue weighted by molar-refractivity contribution is 7.19. The number of nitrogens with zero attached hydrogens (tertiary/aromatic N) is 3. The Hall–Kier alpha value is -2.59. The number of ether oxygens (including phenoxy) is 3. The smallest absolute Gasteiger partial charge is 0.367 e. The van der Waals surface area contributed by atoms with Gasteiger partial charge in [-0.3, -0.25) is 0 Å². The van der Waals surface area contributed by atoms with E-state index in [1.54, 1.807) is 6.07 Å². The Bertz CT molecular complexity index is 954. The topological polar surface area (TPSA) is 83.4 Å². The van der Waals surface area contributed by atoms with Crippen LogP contribution in [-0.2, 0) is 4.74 Å². The number of alkyl halides is 2. The molecule has 26 heavy (non-hydrogen) atoms. The lowest BCUT2D eigenvalue weighted by atomic mass is 10.4. The van der Waals surface area contributed by atoms with Gasteiger partial charge < -0.3 is 14.2 Å². The van der Waals surface area contributed by atoms with E-state index in [2.05, 4.69) is 19.7 Å². The fraction of sp³-hybridized carbons (Fsp3) is 0.200. The van der Waals surface area contributed by atoms with Gasteiger partial charge in [0.05, 0.1) is 12.1 Å². The van der Waals surface area contributed by atoms with E-state index in [1.807, 2.05) is 0 Å². The summed E-state index contributed by atoms with van der Waals surface area (Å²) in [5.41, 5.74) is 0.487. The number of halogens is 3. The van der Waals surface area contributed by atoms with Crippen molar-refractivity contribution in [3.8, 4) is 17.5 Å². The van der Waals surface area contributed by atoms with Crippen LogP contribution >= 0.6 is 22.9 Å². The van der Waals surface area contributed by atoms with Gasteiger partial charge in [0.2, 0.25) is 10.9 Å². The third-order valence-corrected chi connectivity index (χ3v) is 4.09. The summed E-state index contributed by atoms with van der Waals surface area (Å²) in [6.07, 6.45) is -1.38. The molecule has 0 aliphatic heterocycles. The number of methoxy groups -OCH3 is 1.